The fourth-order valence-electron chi connectivity index (χ4n) is 3.33. The maximum absolute atomic E-state index is 9.69. The molecule has 0 spiro atoms. The number of ether oxygens (including phenoxy) is 1. The van der Waals surface area contributed by atoms with Crippen molar-refractivity contribution in [2.24, 2.45) is 0 Å². The van der Waals surface area contributed by atoms with Crippen molar-refractivity contribution in [3.8, 4) is 11.5 Å². The second-order valence-corrected chi connectivity index (χ2v) is 7.38. The fraction of sp³-hybridized carbons (Fsp3) is 0.231. The molecule has 0 aliphatic carbocycles. The minimum atomic E-state index is 0.228. The van der Waals surface area contributed by atoms with E-state index in [1.807, 2.05) is 66.7 Å². The monoisotopic (exact) mass is 421 g/mol. The largest absolute Gasteiger partial charge is 0.508 e. The first-order valence-corrected chi connectivity index (χ1v) is 10.7. The van der Waals surface area contributed by atoms with Crippen LogP contribution in [0.1, 0.15) is 30.5 Å². The Morgan fingerprint density at radius 2 is 1.37 bits per heavy atom. The van der Waals surface area contributed by atoms with Crippen LogP contribution >= 0.6 is 11.6 Å². The summed E-state index contributed by atoms with van der Waals surface area (Å²) in [6.07, 6.45) is 0. The molecule has 3 aromatic carbocycles. The molecule has 3 aromatic rings. The SMILES string of the molecule is CCN(CC)CCOc1ccc(/C(=C(\Cl)c2ccccc2)c2ccc(O)cc2)cc1. The molecular formula is C26H28ClNO2. The molecular weight excluding hydrogens is 394 g/mol. The molecule has 0 aliphatic rings. The molecule has 156 valence electrons. The Balaban J connectivity index is 1.88. The number of aromatic hydroxyl groups is 1. The zero-order chi connectivity index (χ0) is 21.3. The zero-order valence-corrected chi connectivity index (χ0v) is 18.3. The van der Waals surface area contributed by atoms with Crippen LogP contribution in [0.3, 0.4) is 0 Å². The van der Waals surface area contributed by atoms with Crippen molar-refractivity contribution in [3.63, 3.8) is 0 Å². The molecule has 0 radical (unpaired) electrons. The van der Waals surface area contributed by atoms with Gasteiger partial charge >= 0.3 is 0 Å². The predicted molar refractivity (Wildman–Crippen MR) is 126 cm³/mol. The van der Waals surface area contributed by atoms with Gasteiger partial charge in [0.15, 0.2) is 0 Å². The van der Waals surface area contributed by atoms with Crippen molar-refractivity contribution in [1.29, 1.82) is 0 Å². The van der Waals surface area contributed by atoms with Crippen LogP contribution < -0.4 is 4.74 Å². The number of halogens is 1. The van der Waals surface area contributed by atoms with E-state index >= 15 is 0 Å². The molecule has 0 atom stereocenters. The molecule has 3 nitrogen and oxygen atoms in total. The lowest BCUT2D eigenvalue weighted by atomic mass is 9.95. The lowest BCUT2D eigenvalue weighted by Crippen LogP contribution is -2.27. The van der Waals surface area contributed by atoms with Gasteiger partial charge in [0.05, 0.1) is 5.03 Å². The quantitative estimate of drug-likeness (QED) is 0.413. The van der Waals surface area contributed by atoms with Crippen LogP contribution in [0.5, 0.6) is 11.5 Å². The van der Waals surface area contributed by atoms with Crippen LogP contribution in [-0.2, 0) is 0 Å². The summed E-state index contributed by atoms with van der Waals surface area (Å²) >= 11 is 6.85. The summed E-state index contributed by atoms with van der Waals surface area (Å²) in [5.41, 5.74) is 3.79. The first-order valence-electron chi connectivity index (χ1n) is 10.3. The van der Waals surface area contributed by atoms with Crippen LogP contribution in [0, 0.1) is 0 Å². The second-order valence-electron chi connectivity index (χ2n) is 7.00. The van der Waals surface area contributed by atoms with Crippen LogP contribution in [0.4, 0.5) is 0 Å². The molecule has 30 heavy (non-hydrogen) atoms. The molecule has 0 unspecified atom stereocenters. The van der Waals surface area contributed by atoms with Gasteiger partial charge in [0.2, 0.25) is 0 Å². The van der Waals surface area contributed by atoms with Crippen molar-refractivity contribution in [2.75, 3.05) is 26.2 Å². The van der Waals surface area contributed by atoms with Crippen LogP contribution in [0.15, 0.2) is 78.9 Å². The third-order valence-corrected chi connectivity index (χ3v) is 5.52. The van der Waals surface area contributed by atoms with E-state index in [-0.39, 0.29) is 5.75 Å². The van der Waals surface area contributed by atoms with Gasteiger partial charge in [-0.3, -0.25) is 0 Å². The first kappa shape index (κ1) is 21.9. The lowest BCUT2D eigenvalue weighted by molar-refractivity contribution is 0.223. The highest BCUT2D eigenvalue weighted by Gasteiger charge is 2.13. The van der Waals surface area contributed by atoms with Crippen molar-refractivity contribution in [1.82, 2.24) is 4.90 Å². The number of phenols is 1. The molecule has 0 fully saturated rings. The van der Waals surface area contributed by atoms with Crippen LogP contribution in [0.25, 0.3) is 10.6 Å². The Morgan fingerprint density at radius 3 is 1.93 bits per heavy atom. The maximum Gasteiger partial charge on any atom is 0.119 e. The molecule has 0 aromatic heterocycles. The number of phenolic OH excluding ortho intramolecular Hbond substituents is 1. The zero-order valence-electron chi connectivity index (χ0n) is 17.5. The minimum absolute atomic E-state index is 0.228. The van der Waals surface area contributed by atoms with E-state index in [1.54, 1.807) is 12.1 Å². The summed E-state index contributed by atoms with van der Waals surface area (Å²) in [6.45, 7) is 7.94. The van der Waals surface area contributed by atoms with Gasteiger partial charge in [-0.1, -0.05) is 80.0 Å². The third kappa shape index (κ3) is 5.65. The Morgan fingerprint density at radius 1 is 0.800 bits per heavy atom. The van der Waals surface area contributed by atoms with Gasteiger partial charge in [-0.25, -0.2) is 0 Å². The molecule has 0 bridgehead atoms. The summed E-state index contributed by atoms with van der Waals surface area (Å²) < 4.78 is 5.92. The molecule has 1 N–H and O–H groups in total. The average molecular weight is 422 g/mol. The summed E-state index contributed by atoms with van der Waals surface area (Å²) in [7, 11) is 0. The molecule has 0 amide bonds. The van der Waals surface area contributed by atoms with Gasteiger partial charge in [-0.2, -0.15) is 0 Å². The van der Waals surface area contributed by atoms with E-state index in [4.69, 9.17) is 16.3 Å². The van der Waals surface area contributed by atoms with Gasteiger partial charge in [-0.05, 0) is 54.0 Å². The first-order chi connectivity index (χ1) is 14.6. The van der Waals surface area contributed by atoms with E-state index in [2.05, 4.69) is 18.7 Å². The molecule has 0 saturated heterocycles. The summed E-state index contributed by atoms with van der Waals surface area (Å²) in [5.74, 6) is 1.07. The lowest BCUT2D eigenvalue weighted by Gasteiger charge is -2.18. The van der Waals surface area contributed by atoms with Crippen LogP contribution in [0.2, 0.25) is 0 Å². The van der Waals surface area contributed by atoms with E-state index in [0.29, 0.717) is 11.6 Å². The smallest absolute Gasteiger partial charge is 0.119 e. The van der Waals surface area contributed by atoms with Crippen molar-refractivity contribution in [3.05, 3.63) is 95.6 Å². The normalized spacial score (nSPS) is 12.0. The van der Waals surface area contributed by atoms with Gasteiger partial charge in [0, 0.05) is 12.1 Å². The summed E-state index contributed by atoms with van der Waals surface area (Å²) in [4.78, 5) is 2.33. The maximum atomic E-state index is 9.69. The highest BCUT2D eigenvalue weighted by Crippen LogP contribution is 2.36. The van der Waals surface area contributed by atoms with E-state index in [0.717, 1.165) is 47.6 Å². The Bertz CT molecular complexity index is 947. The van der Waals surface area contributed by atoms with Gasteiger partial charge in [0.25, 0.3) is 0 Å². The number of hydrogen-bond donors (Lipinski definition) is 1. The number of nitrogens with zero attached hydrogens (tertiary/aromatic N) is 1. The fourth-order valence-corrected chi connectivity index (χ4v) is 3.67. The van der Waals surface area contributed by atoms with Crippen molar-refractivity contribution < 1.29 is 9.84 Å². The van der Waals surface area contributed by atoms with Gasteiger partial charge in [0.1, 0.15) is 18.1 Å². The average Bonchev–Trinajstić information content (AvgIpc) is 2.79. The van der Waals surface area contributed by atoms with Gasteiger partial charge < -0.3 is 14.7 Å². The molecule has 0 saturated carbocycles. The Kier molecular flexibility index (Phi) is 7.95. The highest BCUT2D eigenvalue weighted by atomic mass is 35.5. The number of likely N-dealkylation sites (N-methyl/N-ethyl adjacent to an activating group) is 1. The highest BCUT2D eigenvalue weighted by molar-refractivity contribution is 6.53. The summed E-state index contributed by atoms with van der Waals surface area (Å²) in [5, 5.41) is 10.4. The van der Waals surface area contributed by atoms with Gasteiger partial charge in [-0.15, -0.1) is 0 Å². The van der Waals surface area contributed by atoms with E-state index < -0.39 is 0 Å². The van der Waals surface area contributed by atoms with Crippen molar-refractivity contribution in [2.45, 2.75) is 13.8 Å². The Labute approximate surface area is 184 Å². The number of hydrogen-bond acceptors (Lipinski definition) is 3. The third-order valence-electron chi connectivity index (χ3n) is 5.12. The molecule has 0 heterocycles. The Hall–Kier alpha value is -2.75. The minimum Gasteiger partial charge on any atom is -0.508 e. The number of benzene rings is 3. The standard InChI is InChI=1S/C26H28ClNO2/c1-3-28(4-2)18-19-30-24-16-12-21(13-17-24)25(20-10-14-23(29)15-11-20)26(27)22-8-6-5-7-9-22/h5-17,29H,3-4,18-19H2,1-2H3/b26-25-. The van der Waals surface area contributed by atoms with E-state index in [9.17, 15) is 5.11 Å². The van der Waals surface area contributed by atoms with E-state index in [1.165, 1.54) is 0 Å². The van der Waals surface area contributed by atoms with Crippen molar-refractivity contribution >= 4 is 22.2 Å². The summed E-state index contributed by atoms with van der Waals surface area (Å²) in [6, 6.07) is 25.0. The molecule has 0 aliphatic heterocycles. The van der Waals surface area contributed by atoms with Crippen LogP contribution in [-0.4, -0.2) is 36.2 Å². The second kappa shape index (κ2) is 10.9. The molecule has 3 rings (SSSR count). The topological polar surface area (TPSA) is 32.7 Å². The molecule has 4 heteroatoms. The predicted octanol–water partition coefficient (Wildman–Crippen LogP) is 6.27. The number of rotatable bonds is 9.